The molecule has 4 aromatic rings. The molecule has 0 atom stereocenters. The molecule has 0 unspecified atom stereocenters. The number of rotatable bonds is 3. The van der Waals surface area contributed by atoms with E-state index in [2.05, 4.69) is 15.0 Å². The van der Waals surface area contributed by atoms with Gasteiger partial charge in [-0.1, -0.05) is 12.1 Å². The first-order chi connectivity index (χ1) is 11.2. The fourth-order valence-corrected chi connectivity index (χ4v) is 3.36. The third-order valence-electron chi connectivity index (χ3n) is 3.48. The zero-order valence-corrected chi connectivity index (χ0v) is 12.6. The fourth-order valence-electron chi connectivity index (χ4n) is 2.46. The summed E-state index contributed by atoms with van der Waals surface area (Å²) in [5.74, 6) is 0. The summed E-state index contributed by atoms with van der Waals surface area (Å²) in [5, 5.41) is 12.4. The molecule has 0 spiro atoms. The highest BCUT2D eigenvalue weighted by atomic mass is 32.2. The van der Waals surface area contributed by atoms with Gasteiger partial charge in [0, 0.05) is 17.2 Å². The van der Waals surface area contributed by atoms with Gasteiger partial charge in [0.2, 0.25) is 0 Å². The third-order valence-corrected chi connectivity index (χ3v) is 4.42. The molecule has 1 N–H and O–H groups in total. The molecule has 112 valence electrons. The number of nitro benzene ring substituents is 1. The summed E-state index contributed by atoms with van der Waals surface area (Å²) >= 11 is 1.41. The Bertz CT molecular complexity index is 1010. The third kappa shape index (κ3) is 2.40. The summed E-state index contributed by atoms with van der Waals surface area (Å²) in [5.41, 5.74) is 2.50. The number of hydrogen-bond acceptors (Lipinski definition) is 5. The molecule has 2 aromatic heterocycles. The summed E-state index contributed by atoms with van der Waals surface area (Å²) in [4.78, 5) is 23.7. The standard InChI is InChI=1S/C16H10N4O2S/c21-20(22)13-7-8-14(15-10(13)4-3-9-17-15)23-16-18-11-5-1-2-6-12(11)19-16/h1-9H,(H,18,19). The number of para-hydroxylation sites is 2. The largest absolute Gasteiger partial charge is 0.333 e. The van der Waals surface area contributed by atoms with Crippen LogP contribution < -0.4 is 0 Å². The van der Waals surface area contributed by atoms with E-state index in [1.54, 1.807) is 24.4 Å². The number of imidazole rings is 1. The van der Waals surface area contributed by atoms with Crippen LogP contribution in [0.1, 0.15) is 0 Å². The smallest absolute Gasteiger partial charge is 0.278 e. The van der Waals surface area contributed by atoms with Gasteiger partial charge >= 0.3 is 0 Å². The lowest BCUT2D eigenvalue weighted by Crippen LogP contribution is -1.92. The molecule has 0 aliphatic rings. The Morgan fingerprint density at radius 2 is 1.96 bits per heavy atom. The number of pyridine rings is 1. The maximum absolute atomic E-state index is 11.2. The molecule has 0 saturated carbocycles. The van der Waals surface area contributed by atoms with Gasteiger partial charge < -0.3 is 4.98 Å². The van der Waals surface area contributed by atoms with Crippen LogP contribution >= 0.6 is 11.8 Å². The van der Waals surface area contributed by atoms with E-state index >= 15 is 0 Å². The molecular weight excluding hydrogens is 312 g/mol. The molecule has 0 saturated heterocycles. The van der Waals surface area contributed by atoms with Crippen molar-refractivity contribution in [3.05, 3.63) is 64.8 Å². The van der Waals surface area contributed by atoms with Crippen molar-refractivity contribution in [2.24, 2.45) is 0 Å². The zero-order valence-electron chi connectivity index (χ0n) is 11.8. The summed E-state index contributed by atoms with van der Waals surface area (Å²) in [7, 11) is 0. The molecule has 23 heavy (non-hydrogen) atoms. The van der Waals surface area contributed by atoms with Crippen LogP contribution in [0.25, 0.3) is 21.9 Å². The summed E-state index contributed by atoms with van der Waals surface area (Å²) in [6.07, 6.45) is 1.63. The number of hydrogen-bond donors (Lipinski definition) is 1. The van der Waals surface area contributed by atoms with Crippen molar-refractivity contribution in [1.29, 1.82) is 0 Å². The van der Waals surface area contributed by atoms with Gasteiger partial charge in [-0.2, -0.15) is 0 Å². The van der Waals surface area contributed by atoms with Crippen LogP contribution in [0.3, 0.4) is 0 Å². The van der Waals surface area contributed by atoms with E-state index in [1.807, 2.05) is 24.3 Å². The second-order valence-electron chi connectivity index (χ2n) is 4.90. The van der Waals surface area contributed by atoms with Crippen molar-refractivity contribution >= 4 is 39.4 Å². The lowest BCUT2D eigenvalue weighted by atomic mass is 10.2. The molecule has 0 fully saturated rings. The number of H-pyrrole nitrogens is 1. The molecule has 7 heteroatoms. The van der Waals surface area contributed by atoms with Crippen molar-refractivity contribution in [3.63, 3.8) is 0 Å². The van der Waals surface area contributed by atoms with Crippen LogP contribution in [-0.4, -0.2) is 19.9 Å². The normalized spacial score (nSPS) is 11.1. The number of aromatic amines is 1. The predicted molar refractivity (Wildman–Crippen MR) is 88.6 cm³/mol. The minimum Gasteiger partial charge on any atom is -0.333 e. The van der Waals surface area contributed by atoms with E-state index < -0.39 is 0 Å². The van der Waals surface area contributed by atoms with Gasteiger partial charge in [-0.25, -0.2) is 4.98 Å². The number of nitro groups is 1. The first-order valence-electron chi connectivity index (χ1n) is 6.87. The van der Waals surface area contributed by atoms with Gasteiger partial charge in [-0.3, -0.25) is 15.1 Å². The van der Waals surface area contributed by atoms with Gasteiger partial charge in [0.25, 0.3) is 5.69 Å². The minimum absolute atomic E-state index is 0.0575. The molecule has 0 aliphatic heterocycles. The Morgan fingerprint density at radius 1 is 1.09 bits per heavy atom. The lowest BCUT2D eigenvalue weighted by molar-refractivity contribution is -0.383. The Labute approximate surface area is 134 Å². The van der Waals surface area contributed by atoms with E-state index in [1.165, 1.54) is 17.8 Å². The van der Waals surface area contributed by atoms with Crippen molar-refractivity contribution < 1.29 is 4.92 Å². The fraction of sp³-hybridized carbons (Fsp3) is 0. The van der Waals surface area contributed by atoms with Gasteiger partial charge in [0.15, 0.2) is 5.16 Å². The van der Waals surface area contributed by atoms with E-state index in [-0.39, 0.29) is 10.6 Å². The topological polar surface area (TPSA) is 84.7 Å². The van der Waals surface area contributed by atoms with E-state index in [0.717, 1.165) is 21.1 Å². The maximum atomic E-state index is 11.2. The Kier molecular flexibility index (Phi) is 3.20. The van der Waals surface area contributed by atoms with Crippen molar-refractivity contribution in [3.8, 4) is 0 Å². The Morgan fingerprint density at radius 3 is 2.78 bits per heavy atom. The number of non-ortho nitro benzene ring substituents is 1. The van der Waals surface area contributed by atoms with Crippen LogP contribution in [0.2, 0.25) is 0 Å². The van der Waals surface area contributed by atoms with Gasteiger partial charge in [-0.15, -0.1) is 0 Å². The maximum Gasteiger partial charge on any atom is 0.278 e. The highest BCUT2D eigenvalue weighted by Crippen LogP contribution is 2.35. The van der Waals surface area contributed by atoms with Crippen LogP contribution in [0.4, 0.5) is 5.69 Å². The number of fused-ring (bicyclic) bond motifs is 2. The molecule has 0 aliphatic carbocycles. The predicted octanol–water partition coefficient (Wildman–Crippen LogP) is 4.17. The second-order valence-corrected chi connectivity index (χ2v) is 5.93. The number of nitrogens with zero attached hydrogens (tertiary/aromatic N) is 3. The monoisotopic (exact) mass is 322 g/mol. The summed E-state index contributed by atoms with van der Waals surface area (Å²) in [6.45, 7) is 0. The number of aromatic nitrogens is 3. The highest BCUT2D eigenvalue weighted by Gasteiger charge is 2.16. The molecular formula is C16H10N4O2S. The molecule has 0 bridgehead atoms. The average Bonchev–Trinajstić information content (AvgIpc) is 2.97. The number of benzene rings is 2. The molecule has 6 nitrogen and oxygen atoms in total. The quantitative estimate of drug-likeness (QED) is 0.452. The number of nitrogens with one attached hydrogen (secondary N) is 1. The molecule has 2 aromatic carbocycles. The van der Waals surface area contributed by atoms with Crippen LogP contribution in [0.5, 0.6) is 0 Å². The SMILES string of the molecule is O=[N+]([O-])c1ccc(Sc2nc3ccccc3[nH]2)c2ncccc12. The molecule has 0 radical (unpaired) electrons. The Balaban J connectivity index is 1.83. The van der Waals surface area contributed by atoms with Gasteiger partial charge in [-0.05, 0) is 42.1 Å². The first kappa shape index (κ1) is 13.7. The van der Waals surface area contributed by atoms with E-state index in [9.17, 15) is 10.1 Å². The zero-order chi connectivity index (χ0) is 15.8. The summed E-state index contributed by atoms with van der Waals surface area (Å²) < 4.78 is 0. The van der Waals surface area contributed by atoms with Crippen molar-refractivity contribution in [1.82, 2.24) is 15.0 Å². The van der Waals surface area contributed by atoms with E-state index in [4.69, 9.17) is 0 Å². The first-order valence-corrected chi connectivity index (χ1v) is 7.69. The summed E-state index contributed by atoms with van der Waals surface area (Å²) in [6, 6.07) is 14.4. The van der Waals surface area contributed by atoms with Gasteiger partial charge in [0.1, 0.15) is 0 Å². The Hall–Kier alpha value is -2.93. The molecule has 4 rings (SSSR count). The lowest BCUT2D eigenvalue weighted by Gasteiger charge is -2.04. The molecule has 2 heterocycles. The highest BCUT2D eigenvalue weighted by molar-refractivity contribution is 7.99. The van der Waals surface area contributed by atoms with Crippen LogP contribution in [-0.2, 0) is 0 Å². The van der Waals surface area contributed by atoms with Crippen molar-refractivity contribution in [2.45, 2.75) is 10.1 Å². The van der Waals surface area contributed by atoms with Crippen LogP contribution in [0.15, 0.2) is 64.8 Å². The average molecular weight is 322 g/mol. The van der Waals surface area contributed by atoms with Crippen molar-refractivity contribution in [2.75, 3.05) is 0 Å². The van der Waals surface area contributed by atoms with Gasteiger partial charge in [0.05, 0.1) is 26.9 Å². The molecule has 0 amide bonds. The minimum atomic E-state index is -0.389. The van der Waals surface area contributed by atoms with Crippen LogP contribution in [0, 0.1) is 10.1 Å². The van der Waals surface area contributed by atoms with E-state index in [0.29, 0.717) is 10.9 Å². The second kappa shape index (κ2) is 5.36.